The molecular weight excluding hydrogens is 973 g/mol. The van der Waals surface area contributed by atoms with Crippen molar-refractivity contribution in [3.8, 4) is 0 Å². The van der Waals surface area contributed by atoms with Crippen LogP contribution < -0.4 is 0 Å². The molecule has 0 aromatic heterocycles. The number of aliphatic carboxylic acids is 1. The van der Waals surface area contributed by atoms with Crippen molar-refractivity contribution < 1.29 is 58.2 Å². The Balaban J connectivity index is 2.73. The average Bonchev–Trinajstić information content (AvgIpc) is 3.42. The molecule has 0 radical (unpaired) electrons. The zero-order valence-electron chi connectivity index (χ0n) is 47.7. The minimum absolute atomic E-state index is 0.0295. The van der Waals surface area contributed by atoms with Gasteiger partial charge in [0.25, 0.3) is 0 Å². The van der Waals surface area contributed by atoms with E-state index in [0.717, 1.165) is 154 Å². The Morgan fingerprint density at radius 3 is 1.26 bits per heavy atom. The molecule has 6 atom stereocenters. The van der Waals surface area contributed by atoms with Gasteiger partial charge >= 0.3 is 23.9 Å². The number of hydrogen-bond acceptors (Lipinski definition) is 11. The van der Waals surface area contributed by atoms with E-state index >= 15 is 0 Å². The summed E-state index contributed by atoms with van der Waals surface area (Å²) in [6.07, 6.45) is 58.8. The highest BCUT2D eigenvalue weighted by atomic mass is 16.7. The van der Waals surface area contributed by atoms with Gasteiger partial charge in [-0.3, -0.25) is 14.4 Å². The van der Waals surface area contributed by atoms with E-state index in [1.165, 1.54) is 0 Å². The van der Waals surface area contributed by atoms with Crippen molar-refractivity contribution in [1.29, 1.82) is 0 Å². The smallest absolute Gasteiger partial charge is 0.335 e. The Labute approximate surface area is 465 Å². The maximum absolute atomic E-state index is 13.1. The SMILES string of the molecule is CC/C=C\C/C=C\C/C=C\C/C=C\C/C=C\CCCCCC(=O)OCC(COC1OC(C(=O)O)C(O)C(O)C1OC(=O)CCCCCCC/C=C\C/C=C\C/C=C\CC)OC(=O)CCCCCCC/C=C\C/C=C\CCC. The first-order valence-corrected chi connectivity index (χ1v) is 29.5. The Bertz CT molecular complexity index is 1800. The lowest BCUT2D eigenvalue weighted by Gasteiger charge is -2.40. The molecular formula is C65H102O12. The first-order chi connectivity index (χ1) is 37.6. The molecule has 0 aromatic rings. The first-order valence-electron chi connectivity index (χ1n) is 29.5. The Morgan fingerprint density at radius 1 is 0.442 bits per heavy atom. The molecule has 434 valence electrons. The second kappa shape index (κ2) is 51.9. The molecule has 0 aliphatic carbocycles. The molecule has 12 heteroatoms. The minimum Gasteiger partial charge on any atom is -0.479 e. The molecule has 1 heterocycles. The van der Waals surface area contributed by atoms with Crippen LogP contribution in [-0.4, -0.2) is 89.2 Å². The highest BCUT2D eigenvalue weighted by Gasteiger charge is 2.50. The molecule has 77 heavy (non-hydrogen) atoms. The Morgan fingerprint density at radius 2 is 0.818 bits per heavy atom. The lowest BCUT2D eigenvalue weighted by molar-refractivity contribution is -0.301. The summed E-state index contributed by atoms with van der Waals surface area (Å²) in [6, 6.07) is 0. The van der Waals surface area contributed by atoms with Crippen LogP contribution in [0.15, 0.2) is 122 Å². The number of ether oxygens (including phenoxy) is 5. The highest BCUT2D eigenvalue weighted by Crippen LogP contribution is 2.26. The molecule has 1 fully saturated rings. The molecule has 0 spiro atoms. The van der Waals surface area contributed by atoms with Gasteiger partial charge in [-0.1, -0.05) is 194 Å². The number of carboxylic acid groups (broad SMARTS) is 1. The van der Waals surface area contributed by atoms with Crippen LogP contribution in [0, 0.1) is 0 Å². The summed E-state index contributed by atoms with van der Waals surface area (Å²) < 4.78 is 28.4. The number of allylic oxidation sites excluding steroid dienone is 20. The minimum atomic E-state index is -1.92. The van der Waals surface area contributed by atoms with Crippen molar-refractivity contribution in [3.63, 3.8) is 0 Å². The Kier molecular flexibility index (Phi) is 47.2. The van der Waals surface area contributed by atoms with Gasteiger partial charge in [0, 0.05) is 19.3 Å². The zero-order valence-corrected chi connectivity index (χ0v) is 47.7. The molecule has 12 nitrogen and oxygen atoms in total. The monoisotopic (exact) mass is 1070 g/mol. The van der Waals surface area contributed by atoms with Crippen molar-refractivity contribution in [2.24, 2.45) is 0 Å². The van der Waals surface area contributed by atoms with E-state index < -0.39 is 67.3 Å². The molecule has 1 saturated heterocycles. The van der Waals surface area contributed by atoms with Crippen LogP contribution >= 0.6 is 0 Å². The fourth-order valence-electron chi connectivity index (χ4n) is 8.03. The van der Waals surface area contributed by atoms with E-state index in [4.69, 9.17) is 23.7 Å². The predicted molar refractivity (Wildman–Crippen MR) is 312 cm³/mol. The van der Waals surface area contributed by atoms with E-state index in [-0.39, 0.29) is 25.9 Å². The maximum atomic E-state index is 13.1. The standard InChI is InChI=1S/C65H102O12/c1-4-7-10-13-16-19-22-25-27-28-29-30-32-34-36-39-42-45-48-51-57(66)73-54-56(75-58(67)52-49-46-43-40-37-33-24-21-18-15-12-9-6-3)55-74-65-63(61(70)60(69)62(77-65)64(71)72)76-59(68)53-50-47-44-41-38-35-31-26-23-20-17-14-11-8-5-2/h7-8,10-12,15-17,19-21,24-27,29-31,34,36,56,60-63,65,69-70H,4-6,9,13-14,18,22-23,28,32-33,35,37-55H2,1-3H3,(H,71,72)/b10-7-,11-8-,15-12-,19-16-,20-17-,24-21-,27-25-,30-29-,31-26-,36-34-. The molecule has 1 rings (SSSR count). The maximum Gasteiger partial charge on any atom is 0.335 e. The third-order valence-electron chi connectivity index (χ3n) is 12.5. The van der Waals surface area contributed by atoms with Crippen LogP contribution in [0.2, 0.25) is 0 Å². The molecule has 0 aromatic carbocycles. The lowest BCUT2D eigenvalue weighted by atomic mass is 9.98. The van der Waals surface area contributed by atoms with Gasteiger partial charge in [-0.2, -0.15) is 0 Å². The topological polar surface area (TPSA) is 175 Å². The van der Waals surface area contributed by atoms with Gasteiger partial charge in [-0.25, -0.2) is 4.79 Å². The summed E-state index contributed by atoms with van der Waals surface area (Å²) in [5.41, 5.74) is 0. The van der Waals surface area contributed by atoms with Crippen molar-refractivity contribution in [3.05, 3.63) is 122 Å². The third kappa shape index (κ3) is 41.8. The van der Waals surface area contributed by atoms with Crippen molar-refractivity contribution in [1.82, 2.24) is 0 Å². The fraction of sp³-hybridized carbons (Fsp3) is 0.631. The quantitative estimate of drug-likeness (QED) is 0.0228. The second-order valence-electron chi connectivity index (χ2n) is 19.5. The fourth-order valence-corrected chi connectivity index (χ4v) is 8.03. The number of aliphatic hydroxyl groups is 2. The van der Waals surface area contributed by atoms with Gasteiger partial charge in [0.2, 0.25) is 0 Å². The van der Waals surface area contributed by atoms with Gasteiger partial charge in [0.05, 0.1) is 6.61 Å². The highest BCUT2D eigenvalue weighted by molar-refractivity contribution is 5.74. The number of rotatable bonds is 48. The number of hydrogen-bond donors (Lipinski definition) is 3. The molecule has 0 amide bonds. The number of unbranched alkanes of at least 4 members (excludes halogenated alkanes) is 14. The van der Waals surface area contributed by atoms with Gasteiger partial charge in [0.15, 0.2) is 24.6 Å². The number of carbonyl (C=O) groups is 4. The molecule has 0 saturated carbocycles. The summed E-state index contributed by atoms with van der Waals surface area (Å²) in [6.45, 7) is 5.64. The second-order valence-corrected chi connectivity index (χ2v) is 19.5. The molecule has 6 unspecified atom stereocenters. The largest absolute Gasteiger partial charge is 0.479 e. The molecule has 3 N–H and O–H groups in total. The third-order valence-corrected chi connectivity index (χ3v) is 12.5. The van der Waals surface area contributed by atoms with Crippen LogP contribution in [0.5, 0.6) is 0 Å². The van der Waals surface area contributed by atoms with Crippen LogP contribution in [0.25, 0.3) is 0 Å². The van der Waals surface area contributed by atoms with Crippen LogP contribution in [0.4, 0.5) is 0 Å². The van der Waals surface area contributed by atoms with Gasteiger partial charge in [0.1, 0.15) is 18.8 Å². The average molecular weight is 1080 g/mol. The van der Waals surface area contributed by atoms with E-state index in [1.807, 2.05) is 0 Å². The van der Waals surface area contributed by atoms with Gasteiger partial charge < -0.3 is 39.0 Å². The number of esters is 3. The van der Waals surface area contributed by atoms with Crippen LogP contribution in [0.3, 0.4) is 0 Å². The van der Waals surface area contributed by atoms with E-state index in [2.05, 4.69) is 142 Å². The van der Waals surface area contributed by atoms with Gasteiger partial charge in [-0.15, -0.1) is 0 Å². The normalized spacial score (nSPS) is 18.9. The molecule has 1 aliphatic heterocycles. The molecule has 1 aliphatic rings. The molecule has 0 bridgehead atoms. The Hall–Kier alpha value is -4.88. The van der Waals surface area contributed by atoms with Crippen molar-refractivity contribution >= 4 is 23.9 Å². The number of carbonyl (C=O) groups excluding carboxylic acids is 3. The van der Waals surface area contributed by atoms with Crippen LogP contribution in [0.1, 0.15) is 213 Å². The first kappa shape index (κ1) is 70.1. The lowest BCUT2D eigenvalue weighted by Crippen LogP contribution is -2.61. The van der Waals surface area contributed by atoms with Crippen molar-refractivity contribution in [2.45, 2.75) is 250 Å². The summed E-state index contributed by atoms with van der Waals surface area (Å²) in [5, 5.41) is 31.5. The van der Waals surface area contributed by atoms with E-state index in [1.54, 1.807) is 0 Å². The van der Waals surface area contributed by atoms with Gasteiger partial charge in [-0.05, 0) is 122 Å². The number of carboxylic acids is 1. The summed E-state index contributed by atoms with van der Waals surface area (Å²) in [4.78, 5) is 51.1. The van der Waals surface area contributed by atoms with E-state index in [0.29, 0.717) is 19.3 Å². The number of aliphatic hydroxyl groups excluding tert-OH is 2. The van der Waals surface area contributed by atoms with Crippen LogP contribution in [-0.2, 0) is 42.9 Å². The van der Waals surface area contributed by atoms with E-state index in [9.17, 15) is 34.5 Å². The van der Waals surface area contributed by atoms with Crippen molar-refractivity contribution in [2.75, 3.05) is 13.2 Å². The summed E-state index contributed by atoms with van der Waals surface area (Å²) in [5.74, 6) is -3.22. The zero-order chi connectivity index (χ0) is 56.1. The summed E-state index contributed by atoms with van der Waals surface area (Å²) in [7, 11) is 0. The predicted octanol–water partition coefficient (Wildman–Crippen LogP) is 15.2. The summed E-state index contributed by atoms with van der Waals surface area (Å²) >= 11 is 0.